The Morgan fingerprint density at radius 3 is 2.24 bits per heavy atom. The number of benzene rings is 1. The molecule has 0 radical (unpaired) electrons. The van der Waals surface area contributed by atoms with Crippen LogP contribution in [-0.2, 0) is 10.7 Å². The molecule has 0 fully saturated rings. The van der Waals surface area contributed by atoms with Crippen LogP contribution in [0, 0.1) is 20.8 Å². The van der Waals surface area contributed by atoms with E-state index >= 15 is 0 Å². The number of hydrogen-bond acceptors (Lipinski definition) is 2. The van der Waals surface area contributed by atoms with Gasteiger partial charge in [-0.2, -0.15) is 8.78 Å². The molecule has 94 valence electrons. The molecule has 0 aromatic heterocycles. The van der Waals surface area contributed by atoms with Crippen molar-refractivity contribution in [2.75, 3.05) is 7.11 Å². The molecular weight excluding hydrogens is 230 g/mol. The van der Waals surface area contributed by atoms with Crippen LogP contribution in [0.25, 0.3) is 0 Å². The van der Waals surface area contributed by atoms with Gasteiger partial charge in [-0.25, -0.2) is 4.79 Å². The molecule has 1 rings (SSSR count). The minimum atomic E-state index is -3.88. The van der Waals surface area contributed by atoms with Crippen molar-refractivity contribution in [2.24, 2.45) is 0 Å². The van der Waals surface area contributed by atoms with Gasteiger partial charge in [-0.3, -0.25) is 0 Å². The summed E-state index contributed by atoms with van der Waals surface area (Å²) in [5.74, 6) is -5.52. The molecule has 0 unspecified atom stereocenters. The lowest BCUT2D eigenvalue weighted by Gasteiger charge is -2.19. The number of rotatable bonds is 3. The highest BCUT2D eigenvalue weighted by Crippen LogP contribution is 2.37. The standard InChI is InChI=1S/C12H14F2O3/c1-6-5-9(12(13,14)11(15)16)7(2)8(3)10(6)17-4/h5H,1-4H3,(H,15,16). The minimum absolute atomic E-state index is 0.236. The summed E-state index contributed by atoms with van der Waals surface area (Å²) in [6.45, 7) is 4.69. The molecule has 5 heteroatoms. The SMILES string of the molecule is COc1c(C)cc(C(F)(F)C(=O)O)c(C)c1C. The smallest absolute Gasteiger partial charge is 0.379 e. The average Bonchev–Trinajstić information content (AvgIpc) is 2.23. The number of carbonyl (C=O) groups is 1. The summed E-state index contributed by atoms with van der Waals surface area (Å²) in [6, 6.07) is 1.16. The van der Waals surface area contributed by atoms with Crippen LogP contribution in [0.15, 0.2) is 6.07 Å². The van der Waals surface area contributed by atoms with Gasteiger partial charge in [0.25, 0.3) is 0 Å². The van der Waals surface area contributed by atoms with Crippen LogP contribution in [0.5, 0.6) is 5.75 Å². The molecule has 0 amide bonds. The van der Waals surface area contributed by atoms with E-state index in [-0.39, 0.29) is 5.56 Å². The Kier molecular flexibility index (Phi) is 3.40. The Morgan fingerprint density at radius 2 is 1.82 bits per heavy atom. The van der Waals surface area contributed by atoms with Gasteiger partial charge >= 0.3 is 11.9 Å². The number of ether oxygens (including phenoxy) is 1. The van der Waals surface area contributed by atoms with E-state index in [4.69, 9.17) is 9.84 Å². The van der Waals surface area contributed by atoms with Crippen molar-refractivity contribution in [2.45, 2.75) is 26.7 Å². The van der Waals surface area contributed by atoms with Gasteiger partial charge in [0.2, 0.25) is 0 Å². The van der Waals surface area contributed by atoms with Gasteiger partial charge in [-0.1, -0.05) is 0 Å². The second-order valence-corrected chi connectivity index (χ2v) is 3.90. The number of carboxylic acids is 1. The fourth-order valence-electron chi connectivity index (χ4n) is 1.81. The molecule has 1 N–H and O–H groups in total. The molecule has 3 nitrogen and oxygen atoms in total. The van der Waals surface area contributed by atoms with Crippen molar-refractivity contribution >= 4 is 5.97 Å². The summed E-state index contributed by atoms with van der Waals surface area (Å²) in [5, 5.41) is 8.55. The molecule has 0 spiro atoms. The highest BCUT2D eigenvalue weighted by Gasteiger charge is 2.43. The maximum absolute atomic E-state index is 13.5. The first-order valence-electron chi connectivity index (χ1n) is 5.00. The Hall–Kier alpha value is -1.65. The number of alkyl halides is 2. The van der Waals surface area contributed by atoms with Gasteiger partial charge < -0.3 is 9.84 Å². The molecule has 0 aliphatic carbocycles. The van der Waals surface area contributed by atoms with E-state index in [0.717, 1.165) is 6.07 Å². The van der Waals surface area contributed by atoms with E-state index in [0.29, 0.717) is 16.9 Å². The van der Waals surface area contributed by atoms with Crippen molar-refractivity contribution < 1.29 is 23.4 Å². The molecule has 0 aliphatic heterocycles. The molecule has 0 heterocycles. The summed E-state index contributed by atoms with van der Waals surface area (Å²) >= 11 is 0. The molecule has 0 aliphatic rings. The van der Waals surface area contributed by atoms with E-state index < -0.39 is 17.5 Å². The van der Waals surface area contributed by atoms with Crippen LogP contribution in [0.3, 0.4) is 0 Å². The second-order valence-electron chi connectivity index (χ2n) is 3.90. The Bertz CT molecular complexity index is 467. The Labute approximate surface area is 98.0 Å². The predicted molar refractivity (Wildman–Crippen MR) is 58.7 cm³/mol. The third-order valence-corrected chi connectivity index (χ3v) is 2.84. The molecule has 1 aromatic carbocycles. The van der Waals surface area contributed by atoms with Crippen molar-refractivity contribution in [1.29, 1.82) is 0 Å². The predicted octanol–water partition coefficient (Wildman–Crippen LogP) is 2.80. The zero-order chi connectivity index (χ0) is 13.4. The fraction of sp³-hybridized carbons (Fsp3) is 0.417. The lowest BCUT2D eigenvalue weighted by Crippen LogP contribution is -2.27. The van der Waals surface area contributed by atoms with Crippen molar-refractivity contribution in [3.63, 3.8) is 0 Å². The third-order valence-electron chi connectivity index (χ3n) is 2.84. The zero-order valence-corrected chi connectivity index (χ0v) is 10.1. The van der Waals surface area contributed by atoms with E-state index in [9.17, 15) is 13.6 Å². The van der Waals surface area contributed by atoms with Gasteiger partial charge in [0.05, 0.1) is 7.11 Å². The number of carboxylic acid groups (broad SMARTS) is 1. The Morgan fingerprint density at radius 1 is 1.29 bits per heavy atom. The number of aryl methyl sites for hydroxylation is 1. The normalized spacial score (nSPS) is 11.4. The summed E-state index contributed by atoms with van der Waals surface area (Å²) in [7, 11) is 1.45. The summed E-state index contributed by atoms with van der Waals surface area (Å²) < 4.78 is 32.1. The van der Waals surface area contributed by atoms with Crippen molar-refractivity contribution in [3.05, 3.63) is 28.3 Å². The quantitative estimate of drug-likeness (QED) is 0.889. The fourth-order valence-corrected chi connectivity index (χ4v) is 1.81. The van der Waals surface area contributed by atoms with Gasteiger partial charge in [0.15, 0.2) is 0 Å². The molecule has 0 saturated carbocycles. The van der Waals surface area contributed by atoms with Crippen LogP contribution >= 0.6 is 0 Å². The van der Waals surface area contributed by atoms with Crippen LogP contribution in [-0.4, -0.2) is 18.2 Å². The van der Waals surface area contributed by atoms with Gasteiger partial charge in [-0.15, -0.1) is 0 Å². The monoisotopic (exact) mass is 244 g/mol. The van der Waals surface area contributed by atoms with Crippen LogP contribution in [0.4, 0.5) is 8.78 Å². The van der Waals surface area contributed by atoms with Crippen LogP contribution in [0.2, 0.25) is 0 Å². The van der Waals surface area contributed by atoms with Crippen LogP contribution in [0.1, 0.15) is 22.3 Å². The summed E-state index contributed by atoms with van der Waals surface area (Å²) in [4.78, 5) is 10.6. The number of halogens is 2. The molecule has 17 heavy (non-hydrogen) atoms. The third kappa shape index (κ3) is 2.09. The topological polar surface area (TPSA) is 46.5 Å². The molecule has 1 aromatic rings. The molecular formula is C12H14F2O3. The largest absolute Gasteiger partial charge is 0.496 e. The molecule has 0 saturated heterocycles. The van der Waals surface area contributed by atoms with E-state index in [1.54, 1.807) is 13.8 Å². The summed E-state index contributed by atoms with van der Waals surface area (Å²) in [6.07, 6.45) is 0. The number of hydrogen-bond donors (Lipinski definition) is 1. The van der Waals surface area contributed by atoms with E-state index in [2.05, 4.69) is 0 Å². The number of methoxy groups -OCH3 is 1. The van der Waals surface area contributed by atoms with E-state index in [1.165, 1.54) is 14.0 Å². The zero-order valence-electron chi connectivity index (χ0n) is 10.1. The maximum atomic E-state index is 13.5. The molecule has 0 bridgehead atoms. The van der Waals surface area contributed by atoms with Crippen molar-refractivity contribution in [3.8, 4) is 5.75 Å². The highest BCUT2D eigenvalue weighted by atomic mass is 19.3. The highest BCUT2D eigenvalue weighted by molar-refractivity contribution is 5.78. The Balaban J connectivity index is 3.53. The minimum Gasteiger partial charge on any atom is -0.496 e. The van der Waals surface area contributed by atoms with Gasteiger partial charge in [0, 0.05) is 5.56 Å². The van der Waals surface area contributed by atoms with Crippen LogP contribution < -0.4 is 4.74 Å². The first-order valence-corrected chi connectivity index (χ1v) is 5.00. The average molecular weight is 244 g/mol. The van der Waals surface area contributed by atoms with Gasteiger partial charge in [0.1, 0.15) is 5.75 Å². The summed E-state index contributed by atoms with van der Waals surface area (Å²) in [5.41, 5.74) is 0.774. The van der Waals surface area contributed by atoms with Gasteiger partial charge in [-0.05, 0) is 43.5 Å². The van der Waals surface area contributed by atoms with Crippen molar-refractivity contribution in [1.82, 2.24) is 0 Å². The first-order chi connectivity index (χ1) is 7.73. The lowest BCUT2D eigenvalue weighted by molar-refractivity contribution is -0.166. The second kappa shape index (κ2) is 4.31. The first kappa shape index (κ1) is 13.4. The maximum Gasteiger partial charge on any atom is 0.379 e. The molecule has 0 atom stereocenters. The van der Waals surface area contributed by atoms with E-state index in [1.807, 2.05) is 0 Å². The lowest BCUT2D eigenvalue weighted by atomic mass is 9.94. The number of aliphatic carboxylic acids is 1.